The molecule has 0 fully saturated rings. The van der Waals surface area contributed by atoms with Crippen molar-refractivity contribution in [2.45, 2.75) is 46.4 Å². The lowest BCUT2D eigenvalue weighted by molar-refractivity contribution is -0.179. The number of carboxylic acids is 1. The summed E-state index contributed by atoms with van der Waals surface area (Å²) in [6.07, 6.45) is -1.62. The van der Waals surface area contributed by atoms with E-state index in [2.05, 4.69) is 0 Å². The van der Waals surface area contributed by atoms with Crippen LogP contribution in [-0.2, 0) is 19.1 Å². The molecule has 0 aromatic carbocycles. The molecular weight excluding hydrogens is 282 g/mol. The van der Waals surface area contributed by atoms with Crippen LogP contribution in [0.5, 0.6) is 0 Å². The van der Waals surface area contributed by atoms with Gasteiger partial charge in [0.25, 0.3) is 6.29 Å². The predicted octanol–water partition coefficient (Wildman–Crippen LogP) is 0.729. The third kappa shape index (κ3) is 6.94. The van der Waals surface area contributed by atoms with Crippen LogP contribution in [0.25, 0.3) is 0 Å². The molecule has 1 amide bonds. The molecule has 0 aliphatic carbocycles. The van der Waals surface area contributed by atoms with Gasteiger partial charge in [-0.15, -0.1) is 0 Å². The van der Waals surface area contributed by atoms with Crippen LogP contribution in [0.1, 0.15) is 34.1 Å². The van der Waals surface area contributed by atoms with E-state index in [0.717, 1.165) is 0 Å². The Morgan fingerprint density at radius 2 is 1.71 bits per heavy atom. The standard InChI is InChI=1S/C13H23NO7/c1-5-8(4)11(18)20-12(7(2)3)21-13(19)14-9(6-15)10(16)17/h7-9,12,15H,5-6H2,1-4H3,(H,14,19)(H,16,17)/t8?,9-,12?/m1/s1. The van der Waals surface area contributed by atoms with Crippen LogP contribution in [0.2, 0.25) is 0 Å². The fourth-order valence-electron chi connectivity index (χ4n) is 1.16. The van der Waals surface area contributed by atoms with Crippen molar-refractivity contribution >= 4 is 18.0 Å². The Hall–Kier alpha value is -1.83. The molecule has 3 atom stereocenters. The van der Waals surface area contributed by atoms with E-state index in [-0.39, 0.29) is 11.8 Å². The molecule has 8 heteroatoms. The average molecular weight is 305 g/mol. The molecule has 0 rings (SSSR count). The summed E-state index contributed by atoms with van der Waals surface area (Å²) in [5.74, 6) is -2.53. The summed E-state index contributed by atoms with van der Waals surface area (Å²) in [7, 11) is 0. The van der Waals surface area contributed by atoms with Gasteiger partial charge >= 0.3 is 18.0 Å². The molecule has 0 aliphatic heterocycles. The first-order chi connectivity index (χ1) is 9.72. The summed E-state index contributed by atoms with van der Waals surface area (Å²) in [6, 6.07) is -1.48. The molecule has 122 valence electrons. The maximum absolute atomic E-state index is 11.7. The molecule has 0 aromatic rings. The highest BCUT2D eigenvalue weighted by atomic mass is 16.7. The van der Waals surface area contributed by atoms with Crippen LogP contribution >= 0.6 is 0 Å². The minimum Gasteiger partial charge on any atom is -0.480 e. The molecule has 0 radical (unpaired) electrons. The number of hydrogen-bond acceptors (Lipinski definition) is 6. The first-order valence-corrected chi connectivity index (χ1v) is 6.74. The number of esters is 1. The molecular formula is C13H23NO7. The predicted molar refractivity (Wildman–Crippen MR) is 72.3 cm³/mol. The van der Waals surface area contributed by atoms with Crippen molar-refractivity contribution in [3.8, 4) is 0 Å². The van der Waals surface area contributed by atoms with Gasteiger partial charge in [-0.3, -0.25) is 4.79 Å². The number of aliphatic hydroxyl groups is 1. The van der Waals surface area contributed by atoms with Crippen LogP contribution in [0.4, 0.5) is 4.79 Å². The van der Waals surface area contributed by atoms with Crippen LogP contribution in [0.15, 0.2) is 0 Å². The second-order valence-electron chi connectivity index (χ2n) is 4.98. The van der Waals surface area contributed by atoms with E-state index in [1.807, 2.05) is 12.2 Å². The molecule has 0 heterocycles. The van der Waals surface area contributed by atoms with E-state index in [9.17, 15) is 14.4 Å². The fourth-order valence-corrected chi connectivity index (χ4v) is 1.16. The summed E-state index contributed by atoms with van der Waals surface area (Å²) in [6.45, 7) is 6.10. The molecule has 21 heavy (non-hydrogen) atoms. The van der Waals surface area contributed by atoms with Gasteiger partial charge in [-0.05, 0) is 6.42 Å². The lowest BCUT2D eigenvalue weighted by atomic mass is 10.1. The lowest BCUT2D eigenvalue weighted by Gasteiger charge is -2.23. The second-order valence-corrected chi connectivity index (χ2v) is 4.98. The zero-order chi connectivity index (χ0) is 16.6. The highest BCUT2D eigenvalue weighted by molar-refractivity contribution is 5.80. The number of amides is 1. The van der Waals surface area contributed by atoms with Gasteiger partial charge < -0.3 is 25.0 Å². The molecule has 0 aromatic heterocycles. The number of rotatable bonds is 8. The van der Waals surface area contributed by atoms with Crippen molar-refractivity contribution in [3.05, 3.63) is 0 Å². The Bertz CT molecular complexity index is 370. The number of carboxylic acid groups (broad SMARTS) is 1. The van der Waals surface area contributed by atoms with E-state index in [0.29, 0.717) is 6.42 Å². The Labute approximate surface area is 123 Å². The summed E-state index contributed by atoms with van der Waals surface area (Å²) in [5.41, 5.74) is 0. The third-order valence-corrected chi connectivity index (χ3v) is 2.79. The number of aliphatic carboxylic acids is 1. The minimum absolute atomic E-state index is 0.304. The quantitative estimate of drug-likeness (QED) is 0.446. The van der Waals surface area contributed by atoms with Crippen molar-refractivity contribution in [2.24, 2.45) is 11.8 Å². The number of aliphatic hydroxyl groups excluding tert-OH is 1. The Morgan fingerprint density at radius 3 is 2.10 bits per heavy atom. The van der Waals surface area contributed by atoms with Crippen LogP contribution in [0, 0.1) is 11.8 Å². The maximum Gasteiger partial charge on any atom is 0.411 e. The topological polar surface area (TPSA) is 122 Å². The Morgan fingerprint density at radius 1 is 1.14 bits per heavy atom. The normalized spacial score (nSPS) is 15.0. The zero-order valence-corrected chi connectivity index (χ0v) is 12.7. The maximum atomic E-state index is 11.7. The summed E-state index contributed by atoms with van der Waals surface area (Å²) < 4.78 is 9.97. The highest BCUT2D eigenvalue weighted by Gasteiger charge is 2.27. The van der Waals surface area contributed by atoms with Crippen molar-refractivity contribution in [1.82, 2.24) is 5.32 Å². The SMILES string of the molecule is CCC(C)C(=O)OC(OC(=O)N[C@H](CO)C(=O)O)C(C)C. The average Bonchev–Trinajstić information content (AvgIpc) is 2.42. The van der Waals surface area contributed by atoms with Crippen molar-refractivity contribution in [3.63, 3.8) is 0 Å². The number of nitrogens with one attached hydrogen (secondary N) is 1. The number of alkyl carbamates (subject to hydrolysis) is 1. The third-order valence-electron chi connectivity index (χ3n) is 2.79. The van der Waals surface area contributed by atoms with E-state index < -0.39 is 37.0 Å². The Balaban J connectivity index is 4.60. The molecule has 0 saturated heterocycles. The monoisotopic (exact) mass is 305 g/mol. The van der Waals surface area contributed by atoms with Gasteiger partial charge in [0, 0.05) is 5.92 Å². The molecule has 0 saturated carbocycles. The number of carbonyl (C=O) groups excluding carboxylic acids is 2. The van der Waals surface area contributed by atoms with Crippen molar-refractivity contribution in [2.75, 3.05) is 6.61 Å². The van der Waals surface area contributed by atoms with Gasteiger partial charge in [0.15, 0.2) is 6.04 Å². The van der Waals surface area contributed by atoms with E-state index >= 15 is 0 Å². The Kier molecular flexibility index (Phi) is 8.37. The van der Waals surface area contributed by atoms with Crippen molar-refractivity contribution < 1.29 is 34.1 Å². The highest BCUT2D eigenvalue weighted by Crippen LogP contribution is 2.13. The summed E-state index contributed by atoms with van der Waals surface area (Å²) in [4.78, 5) is 33.9. The molecule has 8 nitrogen and oxygen atoms in total. The first kappa shape index (κ1) is 19.2. The molecule has 0 spiro atoms. The van der Waals surface area contributed by atoms with E-state index in [1.165, 1.54) is 0 Å². The molecule has 0 aliphatic rings. The van der Waals surface area contributed by atoms with Gasteiger partial charge in [-0.1, -0.05) is 27.7 Å². The second kappa shape index (κ2) is 9.17. The van der Waals surface area contributed by atoms with Gasteiger partial charge in [0.05, 0.1) is 12.5 Å². The van der Waals surface area contributed by atoms with Crippen LogP contribution < -0.4 is 5.32 Å². The molecule has 3 N–H and O–H groups in total. The fraction of sp³-hybridized carbons (Fsp3) is 0.769. The summed E-state index contributed by atoms with van der Waals surface area (Å²) in [5, 5.41) is 19.5. The van der Waals surface area contributed by atoms with Gasteiger partial charge in [0.1, 0.15) is 0 Å². The van der Waals surface area contributed by atoms with Gasteiger partial charge in [-0.2, -0.15) is 0 Å². The zero-order valence-electron chi connectivity index (χ0n) is 12.7. The minimum atomic E-state index is -1.48. The lowest BCUT2D eigenvalue weighted by Crippen LogP contribution is -2.45. The van der Waals surface area contributed by atoms with Crippen molar-refractivity contribution in [1.29, 1.82) is 0 Å². The van der Waals surface area contributed by atoms with E-state index in [4.69, 9.17) is 19.7 Å². The van der Waals surface area contributed by atoms with Crippen LogP contribution in [0.3, 0.4) is 0 Å². The number of carbonyl (C=O) groups is 3. The smallest absolute Gasteiger partial charge is 0.411 e. The number of hydrogen-bond donors (Lipinski definition) is 3. The molecule has 0 bridgehead atoms. The largest absolute Gasteiger partial charge is 0.480 e. The van der Waals surface area contributed by atoms with Crippen LogP contribution in [-0.4, -0.2) is 47.2 Å². The van der Waals surface area contributed by atoms with Gasteiger partial charge in [-0.25, -0.2) is 9.59 Å². The van der Waals surface area contributed by atoms with Gasteiger partial charge in [0.2, 0.25) is 0 Å². The molecule has 2 unspecified atom stereocenters. The number of ether oxygens (including phenoxy) is 2. The first-order valence-electron chi connectivity index (χ1n) is 6.74. The van der Waals surface area contributed by atoms with E-state index in [1.54, 1.807) is 20.8 Å². The summed E-state index contributed by atoms with van der Waals surface area (Å²) >= 11 is 0.